The van der Waals surface area contributed by atoms with Crippen molar-refractivity contribution in [3.05, 3.63) is 0 Å². The summed E-state index contributed by atoms with van der Waals surface area (Å²) in [5, 5.41) is 0. The molecule has 0 aliphatic heterocycles. The van der Waals surface area contributed by atoms with Gasteiger partial charge in [0.1, 0.15) is 5.78 Å². The van der Waals surface area contributed by atoms with E-state index in [1.54, 1.807) is 6.92 Å². The van der Waals surface area contributed by atoms with Crippen molar-refractivity contribution in [2.24, 2.45) is 22.8 Å². The molecule has 5 nitrogen and oxygen atoms in total. The molecular weight excluding hydrogens is 184 g/mol. The highest BCUT2D eigenvalue weighted by Gasteiger charge is 2.42. The number of primary amides is 2. The first kappa shape index (κ1) is 10.7. The quantitative estimate of drug-likeness (QED) is 0.575. The summed E-state index contributed by atoms with van der Waals surface area (Å²) in [5.41, 5.74) is 9.50. The Bertz CT molecular complexity index is 300. The number of rotatable bonds is 2. The highest BCUT2D eigenvalue weighted by atomic mass is 16.2. The van der Waals surface area contributed by atoms with Crippen molar-refractivity contribution in [2.75, 3.05) is 0 Å². The summed E-state index contributed by atoms with van der Waals surface area (Å²) in [6, 6.07) is 0. The lowest BCUT2D eigenvalue weighted by molar-refractivity contribution is -0.140. The highest BCUT2D eigenvalue weighted by molar-refractivity contribution is 6.02. The van der Waals surface area contributed by atoms with Crippen LogP contribution in [0.15, 0.2) is 0 Å². The van der Waals surface area contributed by atoms with Crippen molar-refractivity contribution >= 4 is 17.6 Å². The Morgan fingerprint density at radius 1 is 1.43 bits per heavy atom. The largest absolute Gasteiger partial charge is 0.369 e. The molecule has 1 aliphatic rings. The molecule has 0 aromatic heterocycles. The summed E-state index contributed by atoms with van der Waals surface area (Å²) in [7, 11) is 0. The fraction of sp³-hybridized carbons (Fsp3) is 0.667. The second-order valence-electron chi connectivity index (χ2n) is 4.05. The summed E-state index contributed by atoms with van der Waals surface area (Å²) in [6.07, 6.45) is 0.758. The fourth-order valence-electron chi connectivity index (χ4n) is 1.72. The zero-order valence-electron chi connectivity index (χ0n) is 8.08. The van der Waals surface area contributed by atoms with E-state index in [-0.39, 0.29) is 18.6 Å². The van der Waals surface area contributed by atoms with E-state index in [9.17, 15) is 14.4 Å². The number of Topliss-reactive ketones (excluding diaryl/α,β-unsaturated/α-hetero) is 1. The van der Waals surface area contributed by atoms with Gasteiger partial charge in [0.25, 0.3) is 0 Å². The number of nitrogens with two attached hydrogens (primary N) is 2. The number of ketones is 1. The lowest BCUT2D eigenvalue weighted by Gasteiger charge is -2.33. The van der Waals surface area contributed by atoms with Gasteiger partial charge in [0, 0.05) is 11.8 Å². The molecule has 2 amide bonds. The molecule has 1 fully saturated rings. The molecule has 1 rings (SSSR count). The van der Waals surface area contributed by atoms with E-state index in [4.69, 9.17) is 11.5 Å². The molecular formula is C9H14N2O3. The van der Waals surface area contributed by atoms with E-state index >= 15 is 0 Å². The van der Waals surface area contributed by atoms with Crippen LogP contribution in [0, 0.1) is 11.3 Å². The first-order chi connectivity index (χ1) is 6.37. The summed E-state index contributed by atoms with van der Waals surface area (Å²) < 4.78 is 0. The third-order valence-electron chi connectivity index (χ3n) is 2.90. The van der Waals surface area contributed by atoms with Crippen LogP contribution in [-0.4, -0.2) is 17.6 Å². The Kier molecular flexibility index (Phi) is 2.59. The standard InChI is InChI=1S/C9H14N2O3/c1-9(8(11)14)3-2-6(12)5(4-9)7(10)13/h5H,2-4H2,1H3,(H2,10,13)(H2,11,14). The molecule has 14 heavy (non-hydrogen) atoms. The van der Waals surface area contributed by atoms with Crippen LogP contribution in [0.3, 0.4) is 0 Å². The molecule has 0 spiro atoms. The summed E-state index contributed by atoms with van der Waals surface area (Å²) in [5.74, 6) is -2.17. The smallest absolute Gasteiger partial charge is 0.228 e. The minimum Gasteiger partial charge on any atom is -0.369 e. The molecule has 0 aromatic carbocycles. The zero-order valence-corrected chi connectivity index (χ0v) is 8.08. The molecule has 5 heteroatoms. The van der Waals surface area contributed by atoms with E-state index in [2.05, 4.69) is 0 Å². The second kappa shape index (κ2) is 3.40. The average Bonchev–Trinajstić information content (AvgIpc) is 2.09. The van der Waals surface area contributed by atoms with E-state index < -0.39 is 23.1 Å². The van der Waals surface area contributed by atoms with Crippen LogP contribution in [-0.2, 0) is 14.4 Å². The Hall–Kier alpha value is -1.39. The normalized spacial score (nSPS) is 32.6. The Morgan fingerprint density at radius 2 is 2.00 bits per heavy atom. The fourth-order valence-corrected chi connectivity index (χ4v) is 1.72. The van der Waals surface area contributed by atoms with Gasteiger partial charge in [-0.2, -0.15) is 0 Å². The third kappa shape index (κ3) is 1.76. The van der Waals surface area contributed by atoms with Crippen molar-refractivity contribution in [3.63, 3.8) is 0 Å². The van der Waals surface area contributed by atoms with Gasteiger partial charge in [-0.25, -0.2) is 0 Å². The maximum Gasteiger partial charge on any atom is 0.228 e. The zero-order chi connectivity index (χ0) is 10.9. The minimum absolute atomic E-state index is 0.149. The van der Waals surface area contributed by atoms with Crippen LogP contribution in [0.2, 0.25) is 0 Å². The van der Waals surface area contributed by atoms with Crippen LogP contribution in [0.25, 0.3) is 0 Å². The minimum atomic E-state index is -0.846. The lowest BCUT2D eigenvalue weighted by Crippen LogP contribution is -2.45. The molecule has 2 atom stereocenters. The molecule has 0 radical (unpaired) electrons. The van der Waals surface area contributed by atoms with Gasteiger partial charge < -0.3 is 11.5 Å². The Labute approximate surface area is 81.8 Å². The Morgan fingerprint density at radius 3 is 2.43 bits per heavy atom. The van der Waals surface area contributed by atoms with Gasteiger partial charge in [0.2, 0.25) is 11.8 Å². The summed E-state index contributed by atoms with van der Waals surface area (Å²) >= 11 is 0. The predicted octanol–water partition coefficient (Wildman–Crippen LogP) is -0.668. The second-order valence-corrected chi connectivity index (χ2v) is 4.05. The van der Waals surface area contributed by atoms with Crippen molar-refractivity contribution in [1.29, 1.82) is 0 Å². The number of amides is 2. The molecule has 0 saturated heterocycles. The van der Waals surface area contributed by atoms with Crippen LogP contribution in [0.1, 0.15) is 26.2 Å². The van der Waals surface area contributed by atoms with Gasteiger partial charge in [-0.05, 0) is 12.8 Å². The number of carbonyl (C=O) groups excluding carboxylic acids is 3. The van der Waals surface area contributed by atoms with Crippen LogP contribution in [0.5, 0.6) is 0 Å². The highest BCUT2D eigenvalue weighted by Crippen LogP contribution is 2.36. The maximum absolute atomic E-state index is 11.3. The van der Waals surface area contributed by atoms with Gasteiger partial charge in [0.15, 0.2) is 0 Å². The first-order valence-corrected chi connectivity index (χ1v) is 4.49. The SMILES string of the molecule is CC1(C(N)=O)CCC(=O)C(C(N)=O)C1. The monoisotopic (exact) mass is 198 g/mol. The van der Waals surface area contributed by atoms with Crippen LogP contribution >= 0.6 is 0 Å². The van der Waals surface area contributed by atoms with Gasteiger partial charge in [-0.15, -0.1) is 0 Å². The van der Waals surface area contributed by atoms with Crippen molar-refractivity contribution in [3.8, 4) is 0 Å². The summed E-state index contributed by atoms with van der Waals surface area (Å²) in [6.45, 7) is 1.66. The molecule has 1 saturated carbocycles. The van der Waals surface area contributed by atoms with Crippen molar-refractivity contribution < 1.29 is 14.4 Å². The average molecular weight is 198 g/mol. The molecule has 0 aromatic rings. The first-order valence-electron chi connectivity index (χ1n) is 4.49. The molecule has 2 unspecified atom stereocenters. The van der Waals surface area contributed by atoms with Gasteiger partial charge in [0.05, 0.1) is 5.92 Å². The molecule has 78 valence electrons. The number of carbonyl (C=O) groups is 3. The van der Waals surface area contributed by atoms with Gasteiger partial charge >= 0.3 is 0 Å². The van der Waals surface area contributed by atoms with Crippen molar-refractivity contribution in [1.82, 2.24) is 0 Å². The van der Waals surface area contributed by atoms with Gasteiger partial charge in [-0.3, -0.25) is 14.4 Å². The predicted molar refractivity (Wildman–Crippen MR) is 48.8 cm³/mol. The van der Waals surface area contributed by atoms with E-state index in [0.717, 1.165) is 0 Å². The van der Waals surface area contributed by atoms with Crippen LogP contribution < -0.4 is 11.5 Å². The number of hydrogen-bond donors (Lipinski definition) is 2. The Balaban J connectivity index is 2.86. The topological polar surface area (TPSA) is 103 Å². The molecule has 1 aliphatic carbocycles. The number of hydrogen-bond acceptors (Lipinski definition) is 3. The van der Waals surface area contributed by atoms with Crippen molar-refractivity contribution in [2.45, 2.75) is 26.2 Å². The van der Waals surface area contributed by atoms with E-state index in [1.807, 2.05) is 0 Å². The maximum atomic E-state index is 11.3. The molecule has 0 bridgehead atoms. The van der Waals surface area contributed by atoms with Crippen LogP contribution in [0.4, 0.5) is 0 Å². The van der Waals surface area contributed by atoms with E-state index in [0.29, 0.717) is 6.42 Å². The molecule has 0 heterocycles. The summed E-state index contributed by atoms with van der Waals surface area (Å²) in [4.78, 5) is 33.3. The van der Waals surface area contributed by atoms with Gasteiger partial charge in [-0.1, -0.05) is 6.92 Å². The third-order valence-corrected chi connectivity index (χ3v) is 2.90. The van der Waals surface area contributed by atoms with E-state index in [1.165, 1.54) is 0 Å². The lowest BCUT2D eigenvalue weighted by atomic mass is 9.69. The molecule has 4 N–H and O–H groups in total.